The Morgan fingerprint density at radius 2 is 1.64 bits per heavy atom. The third kappa shape index (κ3) is 2.00. The van der Waals surface area contributed by atoms with E-state index in [1.165, 1.54) is 22.5 Å². The zero-order valence-electron chi connectivity index (χ0n) is 15.7. The smallest absolute Gasteiger partial charge is 0.242 e. The average Bonchev–Trinajstić information content (AvgIpc) is 3.07. The molecule has 3 aromatic rings. The molecule has 3 heterocycles. The van der Waals surface area contributed by atoms with Crippen LogP contribution in [-0.2, 0) is 16.1 Å². The minimum Gasteiger partial charge on any atom is -0.344 e. The molecule has 3 aliphatic rings. The highest BCUT2D eigenvalue weighted by Gasteiger charge is 2.54. The van der Waals surface area contributed by atoms with E-state index < -0.39 is 0 Å². The molecule has 2 aromatic carbocycles. The summed E-state index contributed by atoms with van der Waals surface area (Å²) in [6.45, 7) is 1.01. The molecule has 4 heteroatoms. The summed E-state index contributed by atoms with van der Waals surface area (Å²) < 4.78 is 2.45. The Kier molecular flexibility index (Phi) is 3.34. The van der Waals surface area contributed by atoms with Crippen LogP contribution in [-0.4, -0.2) is 16.4 Å². The van der Waals surface area contributed by atoms with Crippen molar-refractivity contribution < 1.29 is 9.59 Å². The molecular weight excluding hydrogens is 348 g/mol. The van der Waals surface area contributed by atoms with Crippen LogP contribution in [0.4, 0.5) is 5.69 Å². The Labute approximate surface area is 163 Å². The number of aromatic nitrogens is 1. The maximum atomic E-state index is 13.6. The Bertz CT molecular complexity index is 1110. The highest BCUT2D eigenvalue weighted by molar-refractivity contribution is 6.24. The summed E-state index contributed by atoms with van der Waals surface area (Å²) in [7, 11) is 0. The van der Waals surface area contributed by atoms with E-state index in [0.29, 0.717) is 11.6 Å². The van der Waals surface area contributed by atoms with E-state index in [1.807, 2.05) is 36.4 Å². The summed E-state index contributed by atoms with van der Waals surface area (Å²) in [5, 5.41) is 1.16. The molecule has 2 amide bonds. The molecule has 1 aliphatic carbocycles. The monoisotopic (exact) mass is 370 g/mol. The first-order valence-corrected chi connectivity index (χ1v) is 10.3. The topological polar surface area (TPSA) is 42.3 Å². The van der Waals surface area contributed by atoms with Crippen molar-refractivity contribution in [1.82, 2.24) is 4.57 Å². The lowest BCUT2D eigenvalue weighted by atomic mass is 9.72. The molecule has 4 nitrogen and oxygen atoms in total. The van der Waals surface area contributed by atoms with E-state index in [1.54, 1.807) is 0 Å². The second-order valence-corrected chi connectivity index (χ2v) is 8.33. The Morgan fingerprint density at radius 1 is 0.857 bits per heavy atom. The molecule has 140 valence electrons. The van der Waals surface area contributed by atoms with Gasteiger partial charge < -0.3 is 4.57 Å². The fourth-order valence-corrected chi connectivity index (χ4v) is 5.81. The van der Waals surface area contributed by atoms with Crippen LogP contribution < -0.4 is 4.90 Å². The number of rotatable bonds is 1. The summed E-state index contributed by atoms with van der Waals surface area (Å²) in [4.78, 5) is 28.4. The third-order valence-electron chi connectivity index (χ3n) is 6.91. The van der Waals surface area contributed by atoms with Crippen molar-refractivity contribution in [2.24, 2.45) is 5.92 Å². The van der Waals surface area contributed by atoms with Crippen molar-refractivity contribution in [3.8, 4) is 0 Å². The lowest BCUT2D eigenvalue weighted by Crippen LogP contribution is -2.30. The van der Waals surface area contributed by atoms with Gasteiger partial charge in [-0.05, 0) is 43.0 Å². The van der Waals surface area contributed by atoms with Gasteiger partial charge in [0.25, 0.3) is 0 Å². The van der Waals surface area contributed by atoms with Crippen LogP contribution in [0.1, 0.15) is 48.8 Å². The number of amides is 2. The number of para-hydroxylation sites is 2. The van der Waals surface area contributed by atoms with Crippen molar-refractivity contribution in [2.75, 3.05) is 4.90 Å². The Hall–Kier alpha value is -2.88. The third-order valence-corrected chi connectivity index (χ3v) is 6.91. The van der Waals surface area contributed by atoms with Crippen LogP contribution in [0.25, 0.3) is 10.9 Å². The van der Waals surface area contributed by atoms with Crippen molar-refractivity contribution in [3.05, 3.63) is 65.9 Å². The molecule has 0 N–H and O–H groups in total. The lowest BCUT2D eigenvalue weighted by Gasteiger charge is -2.30. The van der Waals surface area contributed by atoms with Gasteiger partial charge in [0.1, 0.15) is 0 Å². The first kappa shape index (κ1) is 16.1. The minimum absolute atomic E-state index is 0.0204. The maximum Gasteiger partial charge on any atom is 0.242 e. The molecule has 1 saturated heterocycles. The largest absolute Gasteiger partial charge is 0.344 e. The molecule has 2 aliphatic heterocycles. The molecule has 1 fully saturated rings. The van der Waals surface area contributed by atoms with Gasteiger partial charge in [-0.25, -0.2) is 4.90 Å². The van der Waals surface area contributed by atoms with Gasteiger partial charge in [-0.15, -0.1) is 0 Å². The van der Waals surface area contributed by atoms with E-state index in [4.69, 9.17) is 0 Å². The van der Waals surface area contributed by atoms with Crippen molar-refractivity contribution in [1.29, 1.82) is 0 Å². The molecular formula is C24H22N2O2. The highest BCUT2D eigenvalue weighted by atomic mass is 16.2. The number of carbonyl (C=O) groups excluding carboxylic acids is 2. The van der Waals surface area contributed by atoms with Gasteiger partial charge in [-0.1, -0.05) is 42.8 Å². The molecule has 3 atom stereocenters. The predicted molar refractivity (Wildman–Crippen MR) is 108 cm³/mol. The van der Waals surface area contributed by atoms with Crippen molar-refractivity contribution >= 4 is 28.4 Å². The maximum absolute atomic E-state index is 13.6. The number of hydrogen-bond donors (Lipinski definition) is 0. The SMILES string of the molecule is O=C1C2CC3CCCCn4c3c(c3ccccc34)C2C(=O)N1c1ccccc1. The Morgan fingerprint density at radius 3 is 2.50 bits per heavy atom. The number of aryl methyl sites for hydroxylation is 1. The van der Waals surface area contributed by atoms with E-state index in [0.717, 1.165) is 36.8 Å². The number of fused-ring (bicyclic) bond motifs is 5. The van der Waals surface area contributed by atoms with Gasteiger partial charge in [-0.2, -0.15) is 0 Å². The van der Waals surface area contributed by atoms with Crippen molar-refractivity contribution in [2.45, 2.75) is 44.1 Å². The normalized spacial score (nSPS) is 26.3. The number of imide groups is 1. The standard InChI is InChI=1S/C24H22N2O2/c27-23-18-14-15-8-6-7-13-25-19-12-5-4-11-17(19)20(22(15)25)21(18)24(28)26(23)16-9-2-1-3-10-16/h1-5,9-12,15,18,21H,6-8,13-14H2. The predicted octanol–water partition coefficient (Wildman–Crippen LogP) is 4.59. The molecule has 0 saturated carbocycles. The zero-order chi connectivity index (χ0) is 18.8. The number of benzene rings is 2. The van der Waals surface area contributed by atoms with Crippen LogP contribution in [0.5, 0.6) is 0 Å². The van der Waals surface area contributed by atoms with Crippen LogP contribution in [0.3, 0.4) is 0 Å². The number of carbonyl (C=O) groups is 2. The van der Waals surface area contributed by atoms with Crippen LogP contribution >= 0.6 is 0 Å². The summed E-state index contributed by atoms with van der Waals surface area (Å²) in [6.07, 6.45) is 4.25. The second-order valence-electron chi connectivity index (χ2n) is 8.33. The van der Waals surface area contributed by atoms with Gasteiger partial charge in [0.05, 0.1) is 17.5 Å². The van der Waals surface area contributed by atoms with Gasteiger partial charge >= 0.3 is 0 Å². The molecule has 1 aromatic heterocycles. The molecule has 6 rings (SSSR count). The average molecular weight is 370 g/mol. The molecule has 28 heavy (non-hydrogen) atoms. The second kappa shape index (κ2) is 5.81. The van der Waals surface area contributed by atoms with Gasteiger partial charge in [0.15, 0.2) is 0 Å². The highest BCUT2D eigenvalue weighted by Crippen LogP contribution is 2.53. The summed E-state index contributed by atoms with van der Waals surface area (Å²) in [5.74, 6) is -0.277. The van der Waals surface area contributed by atoms with E-state index in [9.17, 15) is 9.59 Å². The first-order chi connectivity index (χ1) is 13.8. The van der Waals surface area contributed by atoms with Crippen LogP contribution in [0.2, 0.25) is 0 Å². The molecule has 0 radical (unpaired) electrons. The van der Waals surface area contributed by atoms with Crippen LogP contribution in [0.15, 0.2) is 54.6 Å². The zero-order valence-corrected chi connectivity index (χ0v) is 15.7. The Balaban J connectivity index is 1.59. The number of anilines is 1. The minimum atomic E-state index is -0.344. The summed E-state index contributed by atoms with van der Waals surface area (Å²) in [5.41, 5.74) is 4.38. The summed E-state index contributed by atoms with van der Waals surface area (Å²) >= 11 is 0. The number of hydrogen-bond acceptors (Lipinski definition) is 2. The molecule has 0 spiro atoms. The molecule has 0 bridgehead atoms. The number of nitrogens with zero attached hydrogens (tertiary/aromatic N) is 2. The molecule has 3 unspecified atom stereocenters. The summed E-state index contributed by atoms with van der Waals surface area (Å²) in [6, 6.07) is 17.8. The fraction of sp³-hybridized carbons (Fsp3) is 0.333. The van der Waals surface area contributed by atoms with Gasteiger partial charge in [0, 0.05) is 29.1 Å². The quantitative estimate of drug-likeness (QED) is 0.588. The van der Waals surface area contributed by atoms with Crippen LogP contribution in [0, 0.1) is 5.92 Å². The van der Waals surface area contributed by atoms with Gasteiger partial charge in [-0.3, -0.25) is 9.59 Å². The van der Waals surface area contributed by atoms with E-state index in [-0.39, 0.29) is 23.7 Å². The van der Waals surface area contributed by atoms with Crippen molar-refractivity contribution in [3.63, 3.8) is 0 Å². The first-order valence-electron chi connectivity index (χ1n) is 10.3. The lowest BCUT2D eigenvalue weighted by molar-refractivity contribution is -0.122. The van der Waals surface area contributed by atoms with E-state index >= 15 is 0 Å². The van der Waals surface area contributed by atoms with Gasteiger partial charge in [0.2, 0.25) is 11.8 Å². The van der Waals surface area contributed by atoms with E-state index in [2.05, 4.69) is 22.8 Å². The fourth-order valence-electron chi connectivity index (χ4n) is 5.81.